The second kappa shape index (κ2) is 8.43. The molecule has 5 nitrogen and oxygen atoms in total. The number of hydrogen-bond acceptors (Lipinski definition) is 4. The van der Waals surface area contributed by atoms with Gasteiger partial charge in [0.1, 0.15) is 0 Å². The van der Waals surface area contributed by atoms with Crippen LogP contribution in [0.25, 0.3) is 22.3 Å². The van der Waals surface area contributed by atoms with Crippen molar-refractivity contribution in [2.45, 2.75) is 42.8 Å². The minimum absolute atomic E-state index is 0.109. The number of benzene rings is 2. The summed E-state index contributed by atoms with van der Waals surface area (Å²) in [6.45, 7) is 3.37. The molecule has 4 aromatic rings. The number of aromatic amines is 1. The van der Waals surface area contributed by atoms with Crippen molar-refractivity contribution in [1.29, 1.82) is 0 Å². The highest BCUT2D eigenvalue weighted by molar-refractivity contribution is 7.99. The number of halogens is 2. The van der Waals surface area contributed by atoms with E-state index in [0.717, 1.165) is 53.0 Å². The summed E-state index contributed by atoms with van der Waals surface area (Å²) >= 11 is 1.48. The second-order valence-corrected chi connectivity index (χ2v) is 9.04. The summed E-state index contributed by atoms with van der Waals surface area (Å²) in [5.74, 6) is -0.915. The summed E-state index contributed by atoms with van der Waals surface area (Å²) in [7, 11) is 0. The largest absolute Gasteiger partial charge is 0.376 e. The third kappa shape index (κ3) is 3.97. The van der Waals surface area contributed by atoms with E-state index in [-0.39, 0.29) is 11.4 Å². The van der Waals surface area contributed by atoms with Gasteiger partial charge in [-0.2, -0.15) is 0 Å². The van der Waals surface area contributed by atoms with Gasteiger partial charge in [-0.3, -0.25) is 4.57 Å². The van der Waals surface area contributed by atoms with Crippen molar-refractivity contribution >= 4 is 22.7 Å². The third-order valence-corrected chi connectivity index (χ3v) is 6.79. The molecule has 2 atom stereocenters. The molecule has 31 heavy (non-hydrogen) atoms. The fourth-order valence-electron chi connectivity index (χ4n) is 3.98. The maximum atomic E-state index is 13.7. The number of nitrogens with zero attached hydrogens (tertiary/aromatic N) is 3. The highest BCUT2D eigenvalue weighted by atomic mass is 32.2. The topological polar surface area (TPSA) is 55.7 Å². The van der Waals surface area contributed by atoms with Gasteiger partial charge in [0.05, 0.1) is 12.6 Å². The summed E-state index contributed by atoms with van der Waals surface area (Å²) < 4.78 is 35.0. The zero-order valence-corrected chi connectivity index (χ0v) is 17.8. The normalized spacial score (nSPS) is 17.5. The van der Waals surface area contributed by atoms with Crippen molar-refractivity contribution in [2.75, 3.05) is 6.61 Å². The second-order valence-electron chi connectivity index (χ2n) is 7.73. The van der Waals surface area contributed by atoms with Crippen LogP contribution in [0.1, 0.15) is 30.6 Å². The van der Waals surface area contributed by atoms with Crippen molar-refractivity contribution in [3.63, 3.8) is 0 Å². The Labute approximate surface area is 182 Å². The molecule has 160 valence electrons. The average molecular weight is 441 g/mol. The van der Waals surface area contributed by atoms with Gasteiger partial charge in [0.15, 0.2) is 22.6 Å². The predicted molar refractivity (Wildman–Crippen MR) is 117 cm³/mol. The Hall–Kier alpha value is -2.71. The van der Waals surface area contributed by atoms with Gasteiger partial charge in [-0.15, -0.1) is 10.2 Å². The summed E-state index contributed by atoms with van der Waals surface area (Å²) in [6, 6.07) is 12.1. The first-order chi connectivity index (χ1) is 15.1. The van der Waals surface area contributed by atoms with Crippen molar-refractivity contribution in [3.05, 3.63) is 65.9 Å². The molecule has 5 rings (SSSR count). The summed E-state index contributed by atoms with van der Waals surface area (Å²) in [4.78, 5) is 3.30. The monoisotopic (exact) mass is 440 g/mol. The number of nitrogens with one attached hydrogen (secondary N) is 1. The molecule has 0 radical (unpaired) electrons. The van der Waals surface area contributed by atoms with Crippen LogP contribution < -0.4 is 0 Å². The number of ether oxygens (including phenoxy) is 1. The van der Waals surface area contributed by atoms with Gasteiger partial charge in [0.25, 0.3) is 0 Å². The molecule has 0 saturated carbocycles. The highest BCUT2D eigenvalue weighted by Crippen LogP contribution is 2.37. The van der Waals surface area contributed by atoms with Crippen LogP contribution in [0, 0.1) is 11.6 Å². The molecule has 0 aliphatic carbocycles. The predicted octanol–water partition coefficient (Wildman–Crippen LogP) is 5.74. The van der Waals surface area contributed by atoms with Crippen molar-refractivity contribution in [1.82, 2.24) is 19.7 Å². The average Bonchev–Trinajstić information content (AvgIpc) is 3.51. The lowest BCUT2D eigenvalue weighted by Crippen LogP contribution is -2.16. The van der Waals surface area contributed by atoms with E-state index in [9.17, 15) is 8.78 Å². The maximum absolute atomic E-state index is 13.7. The lowest BCUT2D eigenvalue weighted by Gasteiger charge is -2.16. The van der Waals surface area contributed by atoms with E-state index in [1.807, 2.05) is 31.3 Å². The molecule has 2 aromatic heterocycles. The van der Waals surface area contributed by atoms with Crippen LogP contribution in [-0.4, -0.2) is 32.5 Å². The molecule has 0 amide bonds. The van der Waals surface area contributed by atoms with E-state index >= 15 is 0 Å². The Bertz CT molecular complexity index is 1220. The van der Waals surface area contributed by atoms with Crippen LogP contribution in [0.2, 0.25) is 0 Å². The molecule has 3 heterocycles. The first kappa shape index (κ1) is 20.2. The number of fused-ring (bicyclic) bond motifs is 1. The Morgan fingerprint density at radius 3 is 2.87 bits per heavy atom. The van der Waals surface area contributed by atoms with Crippen molar-refractivity contribution < 1.29 is 13.5 Å². The van der Waals surface area contributed by atoms with Gasteiger partial charge < -0.3 is 9.72 Å². The first-order valence-corrected chi connectivity index (χ1v) is 11.2. The van der Waals surface area contributed by atoms with E-state index in [0.29, 0.717) is 12.1 Å². The van der Waals surface area contributed by atoms with Gasteiger partial charge in [0, 0.05) is 34.5 Å². The van der Waals surface area contributed by atoms with Crippen LogP contribution >= 0.6 is 11.8 Å². The fourth-order valence-corrected chi connectivity index (χ4v) is 4.95. The van der Waals surface area contributed by atoms with Gasteiger partial charge in [-0.25, -0.2) is 8.78 Å². The summed E-state index contributed by atoms with van der Waals surface area (Å²) in [5, 5.41) is 10.7. The van der Waals surface area contributed by atoms with Crippen molar-refractivity contribution in [2.24, 2.45) is 0 Å². The van der Waals surface area contributed by atoms with E-state index in [4.69, 9.17) is 4.74 Å². The Morgan fingerprint density at radius 1 is 1.19 bits per heavy atom. The zero-order chi connectivity index (χ0) is 21.4. The number of aromatic nitrogens is 4. The number of para-hydroxylation sites is 1. The lowest BCUT2D eigenvalue weighted by atomic mass is 10.1. The molecule has 0 bridgehead atoms. The van der Waals surface area contributed by atoms with Crippen LogP contribution in [0.4, 0.5) is 8.78 Å². The number of rotatable bonds is 6. The molecule has 2 aromatic carbocycles. The van der Waals surface area contributed by atoms with E-state index in [1.54, 1.807) is 6.07 Å². The standard InChI is InChI=1S/C23H22F2N4OS/c1-14(15-8-9-19(24)20(25)11-15)31-23-28-27-22(29(23)13-16-5-4-10-30-16)18-12-26-21-7-3-2-6-17(18)21/h2-3,6-9,11-12,14,16,26H,4-5,10,13H2,1H3. The Kier molecular flexibility index (Phi) is 5.50. The zero-order valence-electron chi connectivity index (χ0n) is 17.0. The molecule has 1 fully saturated rings. The van der Waals surface area contributed by atoms with Crippen LogP contribution in [0.15, 0.2) is 53.8 Å². The highest BCUT2D eigenvalue weighted by Gasteiger charge is 2.24. The number of thioether (sulfide) groups is 1. The Morgan fingerprint density at radius 2 is 2.06 bits per heavy atom. The van der Waals surface area contributed by atoms with Gasteiger partial charge >= 0.3 is 0 Å². The smallest absolute Gasteiger partial charge is 0.192 e. The van der Waals surface area contributed by atoms with Gasteiger partial charge in [0.2, 0.25) is 0 Å². The lowest BCUT2D eigenvalue weighted by molar-refractivity contribution is 0.0953. The Balaban J connectivity index is 1.51. The fraction of sp³-hybridized carbons (Fsp3) is 0.304. The van der Waals surface area contributed by atoms with E-state index < -0.39 is 11.6 Å². The number of H-pyrrole nitrogens is 1. The summed E-state index contributed by atoms with van der Waals surface area (Å²) in [5.41, 5.74) is 2.71. The molecule has 1 aliphatic heterocycles. The third-order valence-electron chi connectivity index (χ3n) is 5.65. The molecule has 0 spiro atoms. The quantitative estimate of drug-likeness (QED) is 0.389. The number of hydrogen-bond donors (Lipinski definition) is 1. The molecule has 1 saturated heterocycles. The molecular formula is C23H22F2N4OS. The van der Waals surface area contributed by atoms with Crippen LogP contribution in [-0.2, 0) is 11.3 Å². The van der Waals surface area contributed by atoms with E-state index in [1.165, 1.54) is 17.8 Å². The SMILES string of the molecule is CC(Sc1nnc(-c2c[nH]c3ccccc23)n1CC1CCCO1)c1ccc(F)c(F)c1. The first-order valence-electron chi connectivity index (χ1n) is 10.3. The minimum Gasteiger partial charge on any atom is -0.376 e. The van der Waals surface area contributed by atoms with Crippen LogP contribution in [0.5, 0.6) is 0 Å². The molecular weight excluding hydrogens is 418 g/mol. The molecule has 1 N–H and O–H groups in total. The minimum atomic E-state index is -0.843. The van der Waals surface area contributed by atoms with Gasteiger partial charge in [-0.1, -0.05) is 36.0 Å². The molecule has 8 heteroatoms. The molecule has 2 unspecified atom stereocenters. The van der Waals surface area contributed by atoms with Crippen molar-refractivity contribution in [3.8, 4) is 11.4 Å². The summed E-state index contributed by atoms with van der Waals surface area (Å²) in [6.07, 6.45) is 4.10. The maximum Gasteiger partial charge on any atom is 0.192 e. The van der Waals surface area contributed by atoms with Gasteiger partial charge in [-0.05, 0) is 43.5 Å². The molecule has 1 aliphatic rings. The van der Waals surface area contributed by atoms with E-state index in [2.05, 4.69) is 25.8 Å². The van der Waals surface area contributed by atoms with Crippen LogP contribution in [0.3, 0.4) is 0 Å².